The van der Waals surface area contributed by atoms with Crippen LogP contribution in [0.3, 0.4) is 0 Å². The molecule has 1 N–H and O–H groups in total. The van der Waals surface area contributed by atoms with Crippen molar-refractivity contribution in [2.45, 2.75) is 12.8 Å². The van der Waals surface area contributed by atoms with E-state index in [-0.39, 0.29) is 5.56 Å². The maximum atomic E-state index is 14.1. The minimum absolute atomic E-state index is 0.0339. The molecule has 0 spiro atoms. The lowest BCUT2D eigenvalue weighted by Crippen LogP contribution is -2.38. The topological polar surface area (TPSA) is 63.2 Å². The van der Waals surface area contributed by atoms with Gasteiger partial charge < -0.3 is 14.8 Å². The minimum atomic E-state index is -0.593. The first-order valence-electron chi connectivity index (χ1n) is 12.6. The van der Waals surface area contributed by atoms with Crippen LogP contribution in [0.1, 0.15) is 27.9 Å². The Morgan fingerprint density at radius 1 is 0.973 bits per heavy atom. The number of carbonyl (C=O) groups is 1. The molecule has 0 bridgehead atoms. The summed E-state index contributed by atoms with van der Waals surface area (Å²) < 4.78 is 25.5. The van der Waals surface area contributed by atoms with E-state index < -0.39 is 11.7 Å². The fraction of sp³-hybridized carbons (Fsp3) is 0.267. The van der Waals surface area contributed by atoms with Crippen LogP contribution in [0, 0.1) is 5.82 Å². The van der Waals surface area contributed by atoms with E-state index in [4.69, 9.17) is 9.47 Å². The Bertz CT molecular complexity index is 1280. The SMILES string of the molecule is O=C(/N=C1/CC(c2ccc(OCCN3CCOCC3)cc2)=C(Cc2ccccc2)N1)c1ccccc1F. The number of carbonyl (C=O) groups excluding carboxylic acids is 1. The van der Waals surface area contributed by atoms with Crippen LogP contribution in [0.15, 0.2) is 89.6 Å². The number of ether oxygens (including phenoxy) is 2. The number of amidine groups is 1. The Morgan fingerprint density at radius 2 is 1.70 bits per heavy atom. The van der Waals surface area contributed by atoms with Crippen molar-refractivity contribution in [3.05, 3.63) is 107 Å². The van der Waals surface area contributed by atoms with Crippen molar-refractivity contribution >= 4 is 17.3 Å². The third-order valence-corrected chi connectivity index (χ3v) is 6.55. The van der Waals surface area contributed by atoms with Crippen molar-refractivity contribution in [1.82, 2.24) is 10.2 Å². The number of amides is 1. The molecule has 0 unspecified atom stereocenters. The largest absolute Gasteiger partial charge is 0.492 e. The zero-order chi connectivity index (χ0) is 25.5. The molecule has 1 amide bonds. The number of halogens is 1. The number of morpholine rings is 1. The average Bonchev–Trinajstić information content (AvgIpc) is 3.32. The van der Waals surface area contributed by atoms with Crippen LogP contribution in [0.2, 0.25) is 0 Å². The van der Waals surface area contributed by atoms with Crippen LogP contribution >= 0.6 is 0 Å². The Balaban J connectivity index is 1.31. The van der Waals surface area contributed by atoms with Crippen LogP contribution < -0.4 is 10.1 Å². The second kappa shape index (κ2) is 12.0. The van der Waals surface area contributed by atoms with Crippen molar-refractivity contribution in [3.63, 3.8) is 0 Å². The molecule has 2 heterocycles. The molecule has 2 aliphatic rings. The fourth-order valence-electron chi connectivity index (χ4n) is 4.55. The summed E-state index contributed by atoms with van der Waals surface area (Å²) in [5.74, 6) is 0.165. The highest BCUT2D eigenvalue weighted by Crippen LogP contribution is 2.30. The predicted octanol–water partition coefficient (Wildman–Crippen LogP) is 4.72. The van der Waals surface area contributed by atoms with Gasteiger partial charge in [-0.3, -0.25) is 9.69 Å². The molecule has 190 valence electrons. The number of hydrogen-bond acceptors (Lipinski definition) is 4. The predicted molar refractivity (Wildman–Crippen MR) is 142 cm³/mol. The van der Waals surface area contributed by atoms with E-state index >= 15 is 0 Å². The highest BCUT2D eigenvalue weighted by molar-refractivity contribution is 6.08. The molecule has 0 saturated carbocycles. The van der Waals surface area contributed by atoms with Gasteiger partial charge in [-0.25, -0.2) is 4.39 Å². The Kier molecular flexibility index (Phi) is 8.03. The molecule has 3 aromatic carbocycles. The van der Waals surface area contributed by atoms with Gasteiger partial charge in [0, 0.05) is 38.2 Å². The number of benzene rings is 3. The summed E-state index contributed by atoms with van der Waals surface area (Å²) in [5, 5.41) is 3.33. The molecule has 1 saturated heterocycles. The van der Waals surface area contributed by atoms with Crippen molar-refractivity contribution in [2.24, 2.45) is 4.99 Å². The van der Waals surface area contributed by atoms with E-state index in [1.807, 2.05) is 42.5 Å². The summed E-state index contributed by atoms with van der Waals surface area (Å²) in [6.07, 6.45) is 1.13. The number of nitrogens with zero attached hydrogens (tertiary/aromatic N) is 2. The highest BCUT2D eigenvalue weighted by Gasteiger charge is 2.23. The van der Waals surface area contributed by atoms with E-state index in [1.54, 1.807) is 12.1 Å². The number of hydrogen-bond donors (Lipinski definition) is 1. The molecule has 5 rings (SSSR count). The van der Waals surface area contributed by atoms with Crippen LogP contribution in [-0.4, -0.2) is 56.1 Å². The van der Waals surface area contributed by atoms with Gasteiger partial charge in [-0.1, -0.05) is 54.6 Å². The third kappa shape index (κ3) is 6.50. The van der Waals surface area contributed by atoms with Crippen molar-refractivity contribution < 1.29 is 18.7 Å². The Morgan fingerprint density at radius 3 is 2.46 bits per heavy atom. The first-order valence-corrected chi connectivity index (χ1v) is 12.6. The number of rotatable bonds is 8. The van der Waals surface area contributed by atoms with E-state index in [9.17, 15) is 9.18 Å². The van der Waals surface area contributed by atoms with Crippen molar-refractivity contribution in [1.29, 1.82) is 0 Å². The molecule has 37 heavy (non-hydrogen) atoms. The fourth-order valence-corrected chi connectivity index (χ4v) is 4.55. The summed E-state index contributed by atoms with van der Waals surface area (Å²) in [6.45, 7) is 4.93. The number of allylic oxidation sites excluding steroid dienone is 1. The molecule has 1 fully saturated rings. The second-order valence-electron chi connectivity index (χ2n) is 9.09. The number of nitrogens with one attached hydrogen (secondary N) is 1. The standard InChI is InChI=1S/C30H30FN3O3/c31-27-9-5-4-8-25(27)30(35)33-29-21-26(28(32-29)20-22-6-2-1-3-7-22)23-10-12-24(13-11-23)37-19-16-34-14-17-36-18-15-34/h1-13H,14-21H2,(H,32,33,35). The second-order valence-corrected chi connectivity index (χ2v) is 9.09. The molecular weight excluding hydrogens is 469 g/mol. The van der Waals surface area contributed by atoms with Gasteiger partial charge in [0.25, 0.3) is 5.91 Å². The monoisotopic (exact) mass is 499 g/mol. The summed E-state index contributed by atoms with van der Waals surface area (Å²) in [6, 6.07) is 24.1. The normalized spacial score (nSPS) is 17.2. The van der Waals surface area contributed by atoms with Crippen LogP contribution in [0.4, 0.5) is 4.39 Å². The van der Waals surface area contributed by atoms with Gasteiger partial charge in [0.2, 0.25) is 0 Å². The molecule has 6 nitrogen and oxygen atoms in total. The smallest absolute Gasteiger partial charge is 0.281 e. The van der Waals surface area contributed by atoms with Gasteiger partial charge in [-0.15, -0.1) is 0 Å². The maximum Gasteiger partial charge on any atom is 0.281 e. The van der Waals surface area contributed by atoms with E-state index in [2.05, 4.69) is 27.3 Å². The summed E-state index contributed by atoms with van der Waals surface area (Å²) in [5.41, 5.74) is 4.18. The van der Waals surface area contributed by atoms with Crippen LogP contribution in [-0.2, 0) is 11.2 Å². The van der Waals surface area contributed by atoms with Crippen molar-refractivity contribution in [2.75, 3.05) is 39.5 Å². The lowest BCUT2D eigenvalue weighted by Gasteiger charge is -2.26. The maximum absolute atomic E-state index is 14.1. The van der Waals surface area contributed by atoms with Gasteiger partial charge in [0.15, 0.2) is 0 Å². The van der Waals surface area contributed by atoms with Gasteiger partial charge >= 0.3 is 0 Å². The van der Waals surface area contributed by atoms with Gasteiger partial charge in [-0.05, 0) is 41.0 Å². The van der Waals surface area contributed by atoms with Gasteiger partial charge in [0.1, 0.15) is 24.0 Å². The molecule has 0 atom stereocenters. The van der Waals surface area contributed by atoms with E-state index in [0.29, 0.717) is 25.3 Å². The van der Waals surface area contributed by atoms with Gasteiger partial charge in [0.05, 0.1) is 18.8 Å². The molecule has 0 radical (unpaired) electrons. The highest BCUT2D eigenvalue weighted by atomic mass is 19.1. The van der Waals surface area contributed by atoms with Crippen molar-refractivity contribution in [3.8, 4) is 5.75 Å². The quantitative estimate of drug-likeness (QED) is 0.486. The molecule has 7 heteroatoms. The average molecular weight is 500 g/mol. The molecule has 0 aromatic heterocycles. The zero-order valence-electron chi connectivity index (χ0n) is 20.7. The first kappa shape index (κ1) is 24.9. The molecule has 3 aromatic rings. The van der Waals surface area contributed by atoms with Gasteiger partial charge in [-0.2, -0.15) is 4.99 Å². The lowest BCUT2D eigenvalue weighted by atomic mass is 9.99. The Labute approximate surface area is 216 Å². The summed E-state index contributed by atoms with van der Waals surface area (Å²) in [4.78, 5) is 19.2. The Hall–Kier alpha value is -3.81. The minimum Gasteiger partial charge on any atom is -0.492 e. The third-order valence-electron chi connectivity index (χ3n) is 6.55. The van der Waals surface area contributed by atoms with E-state index in [1.165, 1.54) is 12.1 Å². The first-order chi connectivity index (χ1) is 18.2. The molecule has 2 aliphatic heterocycles. The molecule has 0 aliphatic carbocycles. The molecular formula is C30H30FN3O3. The zero-order valence-corrected chi connectivity index (χ0v) is 20.7. The van der Waals surface area contributed by atoms with Crippen LogP contribution in [0.5, 0.6) is 5.75 Å². The summed E-state index contributed by atoms with van der Waals surface area (Å²) >= 11 is 0. The van der Waals surface area contributed by atoms with Crippen LogP contribution in [0.25, 0.3) is 5.57 Å². The lowest BCUT2D eigenvalue weighted by molar-refractivity contribution is 0.0322. The van der Waals surface area contributed by atoms with E-state index in [0.717, 1.165) is 61.0 Å². The summed E-state index contributed by atoms with van der Waals surface area (Å²) in [7, 11) is 0. The number of aliphatic imine (C=N–C) groups is 1.